The maximum atomic E-state index is 13.0. The Hall–Kier alpha value is -2.20. The molecule has 4 unspecified atom stereocenters. The molecule has 3 saturated carbocycles. The Balaban J connectivity index is 0.000000581. The first-order chi connectivity index (χ1) is 20.3. The molecule has 1 heterocycles. The third kappa shape index (κ3) is 9.65. The summed E-state index contributed by atoms with van der Waals surface area (Å²) < 4.78 is 0. The lowest BCUT2D eigenvalue weighted by Crippen LogP contribution is -2.51. The van der Waals surface area contributed by atoms with Crippen molar-refractivity contribution in [3.8, 4) is 0 Å². The highest BCUT2D eigenvalue weighted by molar-refractivity contribution is 5.90. The third-order valence-corrected chi connectivity index (χ3v) is 9.83. The van der Waals surface area contributed by atoms with Crippen LogP contribution in [0, 0.1) is 27.6 Å². The molecule has 4 atom stereocenters. The Bertz CT molecular complexity index is 949. The molecule has 4 rings (SSSR count). The van der Waals surface area contributed by atoms with Crippen molar-refractivity contribution in [1.82, 2.24) is 20.9 Å². The summed E-state index contributed by atoms with van der Waals surface area (Å²) >= 11 is 0. The first-order valence-electron chi connectivity index (χ1n) is 16.8. The van der Waals surface area contributed by atoms with E-state index in [4.69, 9.17) is 5.73 Å². The molecule has 0 radical (unpaired) electrons. The maximum Gasteiger partial charge on any atom is 0.250 e. The van der Waals surface area contributed by atoms with Crippen molar-refractivity contribution in [1.29, 1.82) is 0 Å². The van der Waals surface area contributed by atoms with Crippen molar-refractivity contribution in [2.24, 2.45) is 33.3 Å². The van der Waals surface area contributed by atoms with Crippen LogP contribution in [-0.4, -0.2) is 78.0 Å². The molecule has 0 aromatic carbocycles. The van der Waals surface area contributed by atoms with Crippen LogP contribution in [0.4, 0.5) is 0 Å². The molecule has 4 aliphatic rings. The van der Waals surface area contributed by atoms with E-state index in [9.17, 15) is 24.3 Å². The summed E-state index contributed by atoms with van der Waals surface area (Å²) in [6.45, 7) is 23.8. The highest BCUT2D eigenvalue weighted by Gasteiger charge is 2.85. The number of fused-ring (bicyclic) bond motifs is 1. The number of rotatable bonds is 8. The molecule has 1 aliphatic heterocycles. The summed E-state index contributed by atoms with van der Waals surface area (Å²) in [7, 11) is 0. The van der Waals surface area contributed by atoms with Crippen molar-refractivity contribution >= 4 is 24.1 Å². The van der Waals surface area contributed by atoms with E-state index in [1.165, 1.54) is 12.8 Å². The second kappa shape index (κ2) is 16.4. The fourth-order valence-electron chi connectivity index (χ4n) is 6.26. The number of hydrogen-bond acceptors (Lipinski definition) is 6. The largest absolute Gasteiger partial charge is 0.381 e. The lowest BCUT2D eigenvalue weighted by molar-refractivity contribution is -0.138. The molecule has 2 spiro atoms. The number of aliphatic hydroxyl groups is 1. The van der Waals surface area contributed by atoms with E-state index < -0.39 is 18.1 Å². The van der Waals surface area contributed by atoms with Gasteiger partial charge in [0, 0.05) is 24.0 Å². The average molecular weight is 624 g/mol. The normalized spacial score (nSPS) is 25.0. The number of amides is 4. The van der Waals surface area contributed by atoms with Crippen LogP contribution in [0.25, 0.3) is 0 Å². The molecule has 10 heteroatoms. The molecule has 10 nitrogen and oxygen atoms in total. The summed E-state index contributed by atoms with van der Waals surface area (Å²) in [6.07, 6.45) is 6.21. The lowest BCUT2D eigenvalue weighted by Gasteiger charge is -2.32. The molecule has 0 aromatic rings. The van der Waals surface area contributed by atoms with Gasteiger partial charge in [0.2, 0.25) is 18.2 Å². The van der Waals surface area contributed by atoms with Gasteiger partial charge in [0.05, 0.1) is 13.1 Å². The van der Waals surface area contributed by atoms with E-state index >= 15 is 0 Å². The molecule has 1 saturated heterocycles. The van der Waals surface area contributed by atoms with Gasteiger partial charge in [-0.3, -0.25) is 19.2 Å². The molecule has 0 bridgehead atoms. The predicted molar refractivity (Wildman–Crippen MR) is 176 cm³/mol. The minimum Gasteiger partial charge on any atom is -0.381 e. The van der Waals surface area contributed by atoms with E-state index in [2.05, 4.69) is 85.2 Å². The fraction of sp³-hybridized carbons (Fsp3) is 0.882. The standard InChI is InChI=1S/C21H32N4O5.C6H15N.C4H10.C3H8/c1-19(2)20(6-3-7-20)21(19)8-14(25(11-21)16(28)10-22-12-26)17(29)23-9-15(27)18(30)24-13-4-5-13;1-5(7)6(2,3)4;1-4(2)3;1-3-2/h12-15,27H,3-11H2,1-2H3,(H,22,26)(H,23,29)(H,24,30);5H,7H2,1-4H3;4H,1-3H3;3H2,1-2H3. The summed E-state index contributed by atoms with van der Waals surface area (Å²) in [5.74, 6) is -0.300. The fourth-order valence-corrected chi connectivity index (χ4v) is 6.26. The summed E-state index contributed by atoms with van der Waals surface area (Å²) in [6, 6.07) is -0.233. The van der Waals surface area contributed by atoms with Gasteiger partial charge >= 0.3 is 0 Å². The maximum absolute atomic E-state index is 13.0. The van der Waals surface area contributed by atoms with E-state index in [-0.39, 0.29) is 52.6 Å². The van der Waals surface area contributed by atoms with Crippen molar-refractivity contribution < 1.29 is 24.3 Å². The van der Waals surface area contributed by atoms with Gasteiger partial charge in [0.15, 0.2) is 0 Å². The molecule has 3 aliphatic carbocycles. The van der Waals surface area contributed by atoms with E-state index in [0.717, 1.165) is 31.6 Å². The second-order valence-electron chi connectivity index (χ2n) is 15.5. The van der Waals surface area contributed by atoms with Crippen LogP contribution in [0.5, 0.6) is 0 Å². The minimum atomic E-state index is -1.32. The number of nitrogens with one attached hydrogen (secondary N) is 3. The van der Waals surface area contributed by atoms with E-state index in [1.54, 1.807) is 4.90 Å². The Morgan fingerprint density at radius 2 is 1.55 bits per heavy atom. The molecule has 0 aromatic heterocycles. The van der Waals surface area contributed by atoms with Gasteiger partial charge in [-0.2, -0.15) is 0 Å². The molecule has 6 N–H and O–H groups in total. The lowest BCUT2D eigenvalue weighted by atomic mass is 9.73. The highest BCUT2D eigenvalue weighted by Crippen LogP contribution is 2.88. The van der Waals surface area contributed by atoms with Crippen LogP contribution in [0.15, 0.2) is 0 Å². The number of carbonyl (C=O) groups is 4. The summed E-state index contributed by atoms with van der Waals surface area (Å²) in [5, 5.41) is 17.8. The van der Waals surface area contributed by atoms with Gasteiger partial charge < -0.3 is 31.7 Å². The van der Waals surface area contributed by atoms with Crippen LogP contribution in [0.3, 0.4) is 0 Å². The predicted octanol–water partition coefficient (Wildman–Crippen LogP) is 3.74. The summed E-state index contributed by atoms with van der Waals surface area (Å²) in [4.78, 5) is 49.9. The zero-order chi connectivity index (χ0) is 34.1. The summed E-state index contributed by atoms with van der Waals surface area (Å²) in [5.41, 5.74) is 5.97. The first-order valence-corrected chi connectivity index (χ1v) is 16.8. The third-order valence-electron chi connectivity index (χ3n) is 9.83. The number of likely N-dealkylation sites (tertiary alicyclic amines) is 1. The van der Waals surface area contributed by atoms with Gasteiger partial charge in [-0.05, 0) is 61.2 Å². The highest BCUT2D eigenvalue weighted by atomic mass is 16.3. The van der Waals surface area contributed by atoms with Crippen LogP contribution in [0.2, 0.25) is 0 Å². The van der Waals surface area contributed by atoms with Gasteiger partial charge in [-0.1, -0.05) is 82.1 Å². The minimum absolute atomic E-state index is 0.0492. The smallest absolute Gasteiger partial charge is 0.250 e. The molecule has 4 fully saturated rings. The van der Waals surface area contributed by atoms with Crippen molar-refractivity contribution in [2.45, 2.75) is 145 Å². The molecule has 256 valence electrons. The molecular weight excluding hydrogens is 558 g/mol. The van der Waals surface area contributed by atoms with Crippen LogP contribution >= 0.6 is 0 Å². The van der Waals surface area contributed by atoms with Crippen molar-refractivity contribution in [3.05, 3.63) is 0 Å². The SMILES string of the molecule is CC(C)C.CC(N)C(C)(C)C.CC1(C)C2(CCC2)C12CC(C(=O)NCC(O)C(=O)NC1CC1)N(C(=O)CNC=O)C2.CCC. The van der Waals surface area contributed by atoms with Crippen LogP contribution in [0.1, 0.15) is 121 Å². The first kappa shape index (κ1) is 39.8. The number of carbonyl (C=O) groups excluding carboxylic acids is 4. The van der Waals surface area contributed by atoms with Crippen molar-refractivity contribution in [2.75, 3.05) is 19.6 Å². The van der Waals surface area contributed by atoms with Crippen LogP contribution < -0.4 is 21.7 Å². The van der Waals surface area contributed by atoms with Crippen molar-refractivity contribution in [3.63, 3.8) is 0 Å². The number of nitrogens with two attached hydrogens (primary N) is 1. The Morgan fingerprint density at radius 3 is 1.91 bits per heavy atom. The van der Waals surface area contributed by atoms with E-state index in [0.29, 0.717) is 25.4 Å². The Morgan fingerprint density at radius 1 is 1.05 bits per heavy atom. The number of aliphatic hydroxyl groups excluding tert-OH is 1. The van der Waals surface area contributed by atoms with Gasteiger partial charge in [-0.15, -0.1) is 0 Å². The molecule has 44 heavy (non-hydrogen) atoms. The zero-order valence-corrected chi connectivity index (χ0v) is 29.6. The monoisotopic (exact) mass is 623 g/mol. The number of nitrogens with zero attached hydrogens (tertiary/aromatic N) is 1. The number of hydrogen-bond donors (Lipinski definition) is 5. The van der Waals surface area contributed by atoms with E-state index in [1.807, 2.05) is 6.92 Å². The van der Waals surface area contributed by atoms with Gasteiger partial charge in [0.25, 0.3) is 5.91 Å². The Labute approximate surface area is 267 Å². The molecular formula is C34H65N5O5. The average Bonchev–Trinajstić information content (AvgIpc) is 3.70. The van der Waals surface area contributed by atoms with Crippen LogP contribution in [-0.2, 0) is 19.2 Å². The quantitative estimate of drug-likeness (QED) is 0.260. The zero-order valence-electron chi connectivity index (χ0n) is 29.6. The Kier molecular flexibility index (Phi) is 14.8. The van der Waals surface area contributed by atoms with Gasteiger partial charge in [0.1, 0.15) is 12.1 Å². The molecule has 4 amide bonds. The second-order valence-corrected chi connectivity index (χ2v) is 15.5. The topological polar surface area (TPSA) is 154 Å². The van der Waals surface area contributed by atoms with Gasteiger partial charge in [-0.25, -0.2) is 0 Å².